The fourth-order valence-corrected chi connectivity index (χ4v) is 8.63. The average molecular weight is 577 g/mol. The van der Waals surface area contributed by atoms with Gasteiger partial charge in [-0.25, -0.2) is 0 Å². The Morgan fingerprint density at radius 3 is 1.68 bits per heavy atom. The highest BCUT2D eigenvalue weighted by Crippen LogP contribution is 2.50. The molecule has 0 N–H and O–H groups in total. The Labute approximate surface area is 257 Å². The van der Waals surface area contributed by atoms with Crippen molar-refractivity contribution in [2.75, 3.05) is 0 Å². The molecular weight excluding hydrogens is 553 g/mol. The van der Waals surface area contributed by atoms with E-state index in [0.29, 0.717) is 0 Å². The van der Waals surface area contributed by atoms with E-state index in [-0.39, 0.29) is 0 Å². The van der Waals surface area contributed by atoms with Crippen molar-refractivity contribution in [1.29, 1.82) is 0 Å². The molecule has 0 bridgehead atoms. The molecule has 0 saturated heterocycles. The molecule has 0 spiro atoms. The van der Waals surface area contributed by atoms with Crippen molar-refractivity contribution in [3.05, 3.63) is 146 Å². The first-order valence-electron chi connectivity index (χ1n) is 15.0. The minimum Gasteiger partial charge on any atom is -0.456 e. The molecule has 0 aliphatic carbocycles. The van der Waals surface area contributed by atoms with Crippen LogP contribution in [0, 0.1) is 0 Å². The first-order valence-corrected chi connectivity index (χ1v) is 15.8. The molecule has 44 heavy (non-hydrogen) atoms. The predicted octanol–water partition coefficient (Wildman–Crippen LogP) is 12.7. The van der Waals surface area contributed by atoms with E-state index in [1.807, 2.05) is 11.3 Å². The number of hydrogen-bond donors (Lipinski definition) is 0. The van der Waals surface area contributed by atoms with E-state index < -0.39 is 0 Å². The van der Waals surface area contributed by atoms with Gasteiger partial charge in [0.2, 0.25) is 0 Å². The van der Waals surface area contributed by atoms with Gasteiger partial charge in [0, 0.05) is 36.3 Å². The third-order valence-electron chi connectivity index (χ3n) is 9.25. The Balaban J connectivity index is 1.47. The van der Waals surface area contributed by atoms with Crippen molar-refractivity contribution in [2.24, 2.45) is 0 Å². The largest absolute Gasteiger partial charge is 0.456 e. The summed E-state index contributed by atoms with van der Waals surface area (Å²) in [4.78, 5) is 0. The Morgan fingerprint density at radius 2 is 0.955 bits per heavy atom. The third-order valence-corrected chi connectivity index (χ3v) is 10.4. The fraction of sp³-hybridized carbons (Fsp3) is 0. The maximum atomic E-state index is 6.45. The molecule has 10 rings (SSSR count). The maximum Gasteiger partial charge on any atom is 0.136 e. The molecule has 2 heterocycles. The van der Waals surface area contributed by atoms with Crippen LogP contribution in [0.5, 0.6) is 0 Å². The van der Waals surface area contributed by atoms with Gasteiger partial charge in [-0.15, -0.1) is 11.3 Å². The smallest absolute Gasteiger partial charge is 0.136 e. The van der Waals surface area contributed by atoms with E-state index in [0.717, 1.165) is 16.6 Å². The lowest BCUT2D eigenvalue weighted by Crippen LogP contribution is -1.92. The second kappa shape index (κ2) is 9.03. The zero-order valence-electron chi connectivity index (χ0n) is 23.7. The molecule has 10 aromatic rings. The van der Waals surface area contributed by atoms with Crippen LogP contribution in [0.1, 0.15) is 0 Å². The zero-order valence-corrected chi connectivity index (χ0v) is 24.5. The highest BCUT2D eigenvalue weighted by atomic mass is 32.1. The summed E-state index contributed by atoms with van der Waals surface area (Å²) in [5.41, 5.74) is 6.93. The fourth-order valence-electron chi connectivity index (χ4n) is 7.47. The number of hydrogen-bond acceptors (Lipinski definition) is 2. The van der Waals surface area contributed by atoms with Gasteiger partial charge in [-0.05, 0) is 79.5 Å². The summed E-state index contributed by atoms with van der Waals surface area (Å²) in [5.74, 6) is 0. The molecular formula is C42H24OS. The van der Waals surface area contributed by atoms with Crippen molar-refractivity contribution in [1.82, 2.24) is 0 Å². The number of benzene rings is 8. The van der Waals surface area contributed by atoms with E-state index >= 15 is 0 Å². The highest BCUT2D eigenvalue weighted by Gasteiger charge is 2.22. The van der Waals surface area contributed by atoms with Crippen molar-refractivity contribution in [2.45, 2.75) is 0 Å². The van der Waals surface area contributed by atoms with Crippen molar-refractivity contribution in [3.63, 3.8) is 0 Å². The molecule has 0 aliphatic heterocycles. The third kappa shape index (κ3) is 3.23. The second-order valence-electron chi connectivity index (χ2n) is 11.6. The average Bonchev–Trinajstić information content (AvgIpc) is 3.65. The summed E-state index contributed by atoms with van der Waals surface area (Å²) in [6.07, 6.45) is 0. The lowest BCUT2D eigenvalue weighted by atomic mass is 9.84. The number of fused-ring (bicyclic) bond motifs is 11. The van der Waals surface area contributed by atoms with Crippen LogP contribution < -0.4 is 0 Å². The van der Waals surface area contributed by atoms with Crippen molar-refractivity contribution in [3.8, 4) is 22.3 Å². The first-order chi connectivity index (χ1) is 21.8. The summed E-state index contributed by atoms with van der Waals surface area (Å²) < 4.78 is 9.06. The minimum absolute atomic E-state index is 0.927. The molecule has 0 radical (unpaired) electrons. The number of para-hydroxylation sites is 1. The Bertz CT molecular complexity index is 2680. The quantitative estimate of drug-likeness (QED) is 0.187. The molecule has 8 aromatic carbocycles. The molecule has 204 valence electrons. The summed E-state index contributed by atoms with van der Waals surface area (Å²) >= 11 is 1.88. The zero-order chi connectivity index (χ0) is 28.8. The minimum atomic E-state index is 0.927. The van der Waals surface area contributed by atoms with Crippen LogP contribution in [0.25, 0.3) is 96.7 Å². The second-order valence-corrected chi connectivity index (χ2v) is 12.6. The summed E-state index contributed by atoms with van der Waals surface area (Å²) in [7, 11) is 0. The maximum absolute atomic E-state index is 6.45. The Morgan fingerprint density at radius 1 is 0.364 bits per heavy atom. The van der Waals surface area contributed by atoms with Crippen LogP contribution in [-0.2, 0) is 0 Å². The Hall–Kier alpha value is -5.44. The van der Waals surface area contributed by atoms with Gasteiger partial charge >= 0.3 is 0 Å². The molecule has 1 nitrogen and oxygen atoms in total. The van der Waals surface area contributed by atoms with Gasteiger partial charge in [-0.2, -0.15) is 0 Å². The molecule has 2 heteroatoms. The van der Waals surface area contributed by atoms with Gasteiger partial charge in [0.25, 0.3) is 0 Å². The molecule has 0 saturated carbocycles. The number of thiophene rings is 1. The monoisotopic (exact) mass is 576 g/mol. The lowest BCUT2D eigenvalue weighted by Gasteiger charge is -2.19. The van der Waals surface area contributed by atoms with Gasteiger partial charge in [0.05, 0.1) is 0 Å². The van der Waals surface area contributed by atoms with E-state index in [1.165, 1.54) is 80.1 Å². The van der Waals surface area contributed by atoms with Crippen LogP contribution in [0.2, 0.25) is 0 Å². The topological polar surface area (TPSA) is 13.1 Å². The normalized spacial score (nSPS) is 12.1. The highest BCUT2D eigenvalue weighted by molar-refractivity contribution is 7.26. The van der Waals surface area contributed by atoms with E-state index in [1.54, 1.807) is 0 Å². The van der Waals surface area contributed by atoms with E-state index in [2.05, 4.69) is 146 Å². The van der Waals surface area contributed by atoms with Gasteiger partial charge in [-0.3, -0.25) is 0 Å². The molecule has 2 aromatic heterocycles. The first kappa shape index (κ1) is 24.0. The predicted molar refractivity (Wildman–Crippen MR) is 190 cm³/mol. The molecule has 0 amide bonds. The Kier molecular flexibility index (Phi) is 4.94. The van der Waals surface area contributed by atoms with Crippen LogP contribution in [-0.4, -0.2) is 0 Å². The van der Waals surface area contributed by atoms with Crippen LogP contribution in [0.15, 0.2) is 150 Å². The number of rotatable bonds is 2. The van der Waals surface area contributed by atoms with Crippen LogP contribution in [0.3, 0.4) is 0 Å². The van der Waals surface area contributed by atoms with Crippen molar-refractivity contribution < 1.29 is 4.42 Å². The SMILES string of the molecule is c1ccc(-c2c3ccccc3c(-c3cc4sc5ccccc5c4c4c3ccc3oc5ccccc5c34)c3ccccc23)cc1. The molecule has 0 unspecified atom stereocenters. The summed E-state index contributed by atoms with van der Waals surface area (Å²) in [6, 6.07) is 52.9. The van der Waals surface area contributed by atoms with Crippen LogP contribution in [0.4, 0.5) is 0 Å². The molecule has 0 atom stereocenters. The van der Waals surface area contributed by atoms with Gasteiger partial charge in [0.15, 0.2) is 0 Å². The van der Waals surface area contributed by atoms with Crippen molar-refractivity contribution >= 4 is 85.8 Å². The number of furan rings is 1. The molecule has 0 aliphatic rings. The van der Waals surface area contributed by atoms with Gasteiger partial charge in [-0.1, -0.05) is 115 Å². The van der Waals surface area contributed by atoms with Gasteiger partial charge in [0.1, 0.15) is 11.2 Å². The summed E-state index contributed by atoms with van der Waals surface area (Å²) in [6.45, 7) is 0. The lowest BCUT2D eigenvalue weighted by molar-refractivity contribution is 0.669. The molecule has 0 fully saturated rings. The van der Waals surface area contributed by atoms with E-state index in [4.69, 9.17) is 4.42 Å². The van der Waals surface area contributed by atoms with E-state index in [9.17, 15) is 0 Å². The van der Waals surface area contributed by atoms with Crippen LogP contribution >= 0.6 is 11.3 Å². The van der Waals surface area contributed by atoms with Gasteiger partial charge < -0.3 is 4.42 Å². The standard InChI is InChI=1S/C42H24OS/c1-2-12-25(13-3-1)38-26-14-4-6-16-28(26)39(29-17-7-5-15-27(29)38)33-24-37-41(32-19-9-11-21-36(32)44-37)42-30(33)22-23-35-40(42)31-18-8-10-20-34(31)43-35/h1-24H. The summed E-state index contributed by atoms with van der Waals surface area (Å²) in [5, 5.41) is 12.6.